The Morgan fingerprint density at radius 3 is 1.81 bits per heavy atom. The number of rotatable bonds is 3. The number of aromatic nitrogens is 3. The molecular formula is C39H23N3Se. The van der Waals surface area contributed by atoms with Gasteiger partial charge in [-0.15, -0.1) is 0 Å². The molecule has 0 N–H and O–H groups in total. The maximum atomic E-state index is 5.08. The van der Waals surface area contributed by atoms with Crippen molar-refractivity contribution < 1.29 is 0 Å². The Morgan fingerprint density at radius 2 is 0.977 bits per heavy atom. The molecule has 0 aliphatic heterocycles. The zero-order valence-corrected chi connectivity index (χ0v) is 24.7. The van der Waals surface area contributed by atoms with Crippen LogP contribution in [-0.4, -0.2) is 29.5 Å². The third-order valence-corrected chi connectivity index (χ3v) is 10.8. The second kappa shape index (κ2) is 9.71. The number of benzene rings is 7. The zero-order valence-electron chi connectivity index (χ0n) is 23.0. The van der Waals surface area contributed by atoms with Gasteiger partial charge in [-0.1, -0.05) is 18.2 Å². The molecule has 9 rings (SSSR count). The van der Waals surface area contributed by atoms with E-state index in [0.717, 1.165) is 22.1 Å². The Balaban J connectivity index is 1.30. The Bertz CT molecular complexity index is 2510. The van der Waals surface area contributed by atoms with Crippen molar-refractivity contribution >= 4 is 66.1 Å². The molecule has 0 atom stereocenters. The fourth-order valence-corrected chi connectivity index (χ4v) is 8.81. The molecule has 0 unspecified atom stereocenters. The van der Waals surface area contributed by atoms with Crippen LogP contribution in [0.25, 0.3) is 85.8 Å². The third kappa shape index (κ3) is 4.07. The fraction of sp³-hybridized carbons (Fsp3) is 0. The Hall–Kier alpha value is -5.15. The van der Waals surface area contributed by atoms with Crippen LogP contribution in [0.15, 0.2) is 140 Å². The Morgan fingerprint density at radius 1 is 0.372 bits per heavy atom. The van der Waals surface area contributed by atoms with Gasteiger partial charge in [0.2, 0.25) is 0 Å². The summed E-state index contributed by atoms with van der Waals surface area (Å²) in [5.41, 5.74) is 2.93. The summed E-state index contributed by atoms with van der Waals surface area (Å²) in [5, 5.41) is 10.2. The van der Waals surface area contributed by atoms with Crippen LogP contribution in [0.4, 0.5) is 0 Å². The summed E-state index contributed by atoms with van der Waals surface area (Å²) < 4.78 is 2.92. The monoisotopic (exact) mass is 613 g/mol. The quantitative estimate of drug-likeness (QED) is 0.147. The molecule has 2 heterocycles. The summed E-state index contributed by atoms with van der Waals surface area (Å²) in [7, 11) is 0. The number of fused-ring (bicyclic) bond motifs is 8. The van der Waals surface area contributed by atoms with E-state index in [2.05, 4.69) is 121 Å². The molecule has 2 aromatic heterocycles. The van der Waals surface area contributed by atoms with Gasteiger partial charge in [-0.25, -0.2) is 0 Å². The van der Waals surface area contributed by atoms with Crippen molar-refractivity contribution in [3.05, 3.63) is 140 Å². The average Bonchev–Trinajstić information content (AvgIpc) is 3.47. The molecule has 0 saturated carbocycles. The number of hydrogen-bond acceptors (Lipinski definition) is 3. The summed E-state index contributed by atoms with van der Waals surface area (Å²) in [4.78, 5) is 15.1. The number of hydrogen-bond donors (Lipinski definition) is 0. The molecule has 0 amide bonds. The van der Waals surface area contributed by atoms with E-state index in [4.69, 9.17) is 15.0 Å². The van der Waals surface area contributed by atoms with Gasteiger partial charge in [-0.05, 0) is 0 Å². The van der Waals surface area contributed by atoms with E-state index in [1.807, 2.05) is 18.2 Å². The van der Waals surface area contributed by atoms with Gasteiger partial charge in [0, 0.05) is 0 Å². The molecule has 0 aliphatic rings. The summed E-state index contributed by atoms with van der Waals surface area (Å²) in [6, 6.07) is 49.5. The van der Waals surface area contributed by atoms with Crippen LogP contribution < -0.4 is 0 Å². The second-order valence-electron chi connectivity index (χ2n) is 10.9. The molecule has 43 heavy (non-hydrogen) atoms. The molecular weight excluding hydrogens is 589 g/mol. The molecule has 0 bridgehead atoms. The van der Waals surface area contributed by atoms with Crippen LogP contribution in [0, 0.1) is 0 Å². The summed E-state index contributed by atoms with van der Waals surface area (Å²) >= 11 is 0.257. The number of nitrogens with zero attached hydrogens (tertiary/aromatic N) is 3. The van der Waals surface area contributed by atoms with Crippen molar-refractivity contribution in [2.75, 3.05) is 0 Å². The van der Waals surface area contributed by atoms with E-state index in [1.54, 1.807) is 0 Å². The fourth-order valence-electron chi connectivity index (χ4n) is 6.14. The van der Waals surface area contributed by atoms with Crippen molar-refractivity contribution in [2.24, 2.45) is 0 Å². The first kappa shape index (κ1) is 24.4. The molecule has 0 fully saturated rings. The van der Waals surface area contributed by atoms with Gasteiger partial charge in [0.25, 0.3) is 0 Å². The van der Waals surface area contributed by atoms with Crippen LogP contribution in [0.1, 0.15) is 0 Å². The molecule has 200 valence electrons. The van der Waals surface area contributed by atoms with E-state index in [1.165, 1.54) is 46.2 Å². The van der Waals surface area contributed by atoms with Crippen molar-refractivity contribution in [3.8, 4) is 34.2 Å². The molecule has 3 nitrogen and oxygen atoms in total. The van der Waals surface area contributed by atoms with Crippen molar-refractivity contribution in [3.63, 3.8) is 0 Å². The van der Waals surface area contributed by atoms with Crippen molar-refractivity contribution in [1.82, 2.24) is 15.0 Å². The minimum absolute atomic E-state index is 0.257. The van der Waals surface area contributed by atoms with Gasteiger partial charge in [0.05, 0.1) is 0 Å². The predicted molar refractivity (Wildman–Crippen MR) is 181 cm³/mol. The normalized spacial score (nSPS) is 11.7. The Labute approximate surface area is 253 Å². The first-order valence-corrected chi connectivity index (χ1v) is 16.1. The average molecular weight is 613 g/mol. The van der Waals surface area contributed by atoms with Crippen LogP contribution >= 0.6 is 0 Å². The maximum absolute atomic E-state index is 5.08. The standard InChI is InChI=1S/C39H23N3Se/c1-2-9-27(10-3-1)37-40-38(29-18-14-24-8-4-5-11-28(24)22-29)42-39(41-37)30-19-16-25-15-17-26-20-21-32-31-12-6-7-13-34(31)43-36(32)35(26)33(25)23-30/h1-23H. The van der Waals surface area contributed by atoms with Crippen molar-refractivity contribution in [1.29, 1.82) is 0 Å². The molecule has 9 aromatic rings. The van der Waals surface area contributed by atoms with Crippen LogP contribution in [0.3, 0.4) is 0 Å². The summed E-state index contributed by atoms with van der Waals surface area (Å²) in [5.74, 6) is 2.02. The van der Waals surface area contributed by atoms with E-state index in [0.29, 0.717) is 17.5 Å². The molecule has 0 saturated heterocycles. The zero-order chi connectivity index (χ0) is 28.3. The first-order valence-electron chi connectivity index (χ1n) is 14.4. The third-order valence-electron chi connectivity index (χ3n) is 8.28. The SMILES string of the molecule is c1ccc(-c2nc(-c3ccc4ccccc4c3)nc(-c3ccc4ccc5ccc6c7ccccc7[se]c6c5c4c3)n2)cc1. The van der Waals surface area contributed by atoms with Crippen LogP contribution in [0.2, 0.25) is 0 Å². The van der Waals surface area contributed by atoms with E-state index in [-0.39, 0.29) is 14.5 Å². The molecule has 4 heteroatoms. The van der Waals surface area contributed by atoms with E-state index in [9.17, 15) is 0 Å². The van der Waals surface area contributed by atoms with Crippen LogP contribution in [0.5, 0.6) is 0 Å². The Kier molecular flexibility index (Phi) is 5.52. The van der Waals surface area contributed by atoms with Gasteiger partial charge in [0.1, 0.15) is 0 Å². The molecule has 0 aliphatic carbocycles. The van der Waals surface area contributed by atoms with Gasteiger partial charge in [-0.2, -0.15) is 0 Å². The topological polar surface area (TPSA) is 38.7 Å². The van der Waals surface area contributed by atoms with Crippen molar-refractivity contribution in [2.45, 2.75) is 0 Å². The predicted octanol–water partition coefficient (Wildman–Crippen LogP) is 9.70. The van der Waals surface area contributed by atoms with Gasteiger partial charge in [0.15, 0.2) is 0 Å². The van der Waals surface area contributed by atoms with Crippen LogP contribution in [-0.2, 0) is 0 Å². The van der Waals surface area contributed by atoms with Gasteiger partial charge < -0.3 is 0 Å². The molecule has 7 aromatic carbocycles. The minimum atomic E-state index is 0.257. The van der Waals surface area contributed by atoms with Gasteiger partial charge >= 0.3 is 237 Å². The van der Waals surface area contributed by atoms with E-state index >= 15 is 0 Å². The second-order valence-corrected chi connectivity index (χ2v) is 13.1. The molecule has 0 radical (unpaired) electrons. The van der Waals surface area contributed by atoms with Gasteiger partial charge in [-0.3, -0.25) is 0 Å². The summed E-state index contributed by atoms with van der Waals surface area (Å²) in [6.45, 7) is 0. The molecule has 0 spiro atoms. The van der Waals surface area contributed by atoms with E-state index < -0.39 is 0 Å². The summed E-state index contributed by atoms with van der Waals surface area (Å²) in [6.07, 6.45) is 0. The first-order chi connectivity index (χ1) is 21.3.